The van der Waals surface area contributed by atoms with E-state index in [-0.39, 0.29) is 5.54 Å². The second-order valence-electron chi connectivity index (χ2n) is 6.53. The van der Waals surface area contributed by atoms with Crippen molar-refractivity contribution in [1.82, 2.24) is 10.2 Å². The molecule has 0 aliphatic carbocycles. The maximum absolute atomic E-state index is 5.61. The van der Waals surface area contributed by atoms with Crippen LogP contribution in [0.15, 0.2) is 16.7 Å². The van der Waals surface area contributed by atoms with Crippen LogP contribution in [0.4, 0.5) is 0 Å². The van der Waals surface area contributed by atoms with Crippen molar-refractivity contribution in [1.29, 1.82) is 0 Å². The predicted molar refractivity (Wildman–Crippen MR) is 81.1 cm³/mol. The van der Waals surface area contributed by atoms with Gasteiger partial charge in [0.15, 0.2) is 0 Å². The van der Waals surface area contributed by atoms with Crippen molar-refractivity contribution in [2.24, 2.45) is 0 Å². The molecule has 1 atom stereocenters. The highest BCUT2D eigenvalue weighted by atomic mass is 16.3. The Kier molecular flexibility index (Phi) is 6.08. The summed E-state index contributed by atoms with van der Waals surface area (Å²) >= 11 is 0. The molecular weight excluding hydrogens is 236 g/mol. The average Bonchev–Trinajstić information content (AvgIpc) is 2.73. The van der Waals surface area contributed by atoms with E-state index in [0.717, 1.165) is 18.8 Å². The van der Waals surface area contributed by atoms with E-state index >= 15 is 0 Å². The summed E-state index contributed by atoms with van der Waals surface area (Å²) < 4.78 is 5.61. The van der Waals surface area contributed by atoms with Crippen LogP contribution < -0.4 is 5.32 Å². The summed E-state index contributed by atoms with van der Waals surface area (Å²) in [5.74, 6) is 1.06. The molecule has 0 amide bonds. The molecule has 110 valence electrons. The van der Waals surface area contributed by atoms with Crippen LogP contribution in [0.2, 0.25) is 0 Å². The molecule has 0 aromatic carbocycles. The number of furan rings is 1. The first-order chi connectivity index (χ1) is 8.83. The van der Waals surface area contributed by atoms with E-state index in [2.05, 4.69) is 57.9 Å². The number of nitrogens with zero attached hydrogens (tertiary/aromatic N) is 1. The van der Waals surface area contributed by atoms with Crippen LogP contribution in [-0.2, 0) is 13.1 Å². The Morgan fingerprint density at radius 1 is 1.37 bits per heavy atom. The molecule has 1 rings (SSSR count). The van der Waals surface area contributed by atoms with E-state index in [1.54, 1.807) is 6.26 Å². The van der Waals surface area contributed by atoms with Crippen LogP contribution in [0, 0.1) is 0 Å². The van der Waals surface area contributed by atoms with E-state index in [0.29, 0.717) is 6.04 Å². The van der Waals surface area contributed by atoms with Crippen LogP contribution in [0.1, 0.15) is 58.8 Å². The molecule has 0 aliphatic rings. The van der Waals surface area contributed by atoms with Gasteiger partial charge in [-0.25, -0.2) is 0 Å². The number of hydrogen-bond donors (Lipinski definition) is 1. The summed E-state index contributed by atoms with van der Waals surface area (Å²) in [6.45, 7) is 12.8. The van der Waals surface area contributed by atoms with Gasteiger partial charge in [-0.05, 0) is 47.2 Å². The second kappa shape index (κ2) is 7.11. The zero-order valence-corrected chi connectivity index (χ0v) is 13.4. The van der Waals surface area contributed by atoms with E-state index < -0.39 is 0 Å². The standard InChI is InChI=1S/C16H30N2O/c1-7-8-13(2)18(6)12-14-9-10-19-15(14)11-17-16(3,4)5/h9-10,13,17H,7-8,11-12H2,1-6H3. The minimum absolute atomic E-state index is 0.117. The molecule has 0 radical (unpaired) electrons. The Bertz CT molecular complexity index is 365. The molecule has 0 saturated carbocycles. The van der Waals surface area contributed by atoms with Crippen LogP contribution in [0.25, 0.3) is 0 Å². The summed E-state index contributed by atoms with van der Waals surface area (Å²) in [6, 6.07) is 2.71. The molecule has 19 heavy (non-hydrogen) atoms. The van der Waals surface area contributed by atoms with E-state index in [1.807, 2.05) is 0 Å². The highest BCUT2D eigenvalue weighted by Crippen LogP contribution is 2.16. The average molecular weight is 266 g/mol. The number of rotatable bonds is 7. The van der Waals surface area contributed by atoms with Gasteiger partial charge in [-0.3, -0.25) is 4.90 Å². The van der Waals surface area contributed by atoms with Crippen LogP contribution in [0.5, 0.6) is 0 Å². The molecule has 1 N–H and O–H groups in total. The molecule has 3 heteroatoms. The number of hydrogen-bond acceptors (Lipinski definition) is 3. The SMILES string of the molecule is CCCC(C)N(C)Cc1ccoc1CNC(C)(C)C. The normalized spacial score (nSPS) is 14.1. The fraction of sp³-hybridized carbons (Fsp3) is 0.750. The van der Waals surface area contributed by atoms with E-state index in [1.165, 1.54) is 18.4 Å². The smallest absolute Gasteiger partial charge is 0.122 e. The molecule has 0 aliphatic heterocycles. The van der Waals surface area contributed by atoms with Crippen LogP contribution >= 0.6 is 0 Å². The molecular formula is C16H30N2O. The monoisotopic (exact) mass is 266 g/mol. The van der Waals surface area contributed by atoms with Crippen molar-refractivity contribution < 1.29 is 4.42 Å². The maximum Gasteiger partial charge on any atom is 0.122 e. The Morgan fingerprint density at radius 3 is 2.63 bits per heavy atom. The summed E-state index contributed by atoms with van der Waals surface area (Å²) in [5, 5.41) is 3.48. The minimum Gasteiger partial charge on any atom is -0.468 e. The van der Waals surface area contributed by atoms with Crippen molar-refractivity contribution in [2.75, 3.05) is 7.05 Å². The number of nitrogens with one attached hydrogen (secondary N) is 1. The fourth-order valence-corrected chi connectivity index (χ4v) is 2.07. The van der Waals surface area contributed by atoms with Gasteiger partial charge >= 0.3 is 0 Å². The topological polar surface area (TPSA) is 28.4 Å². The zero-order chi connectivity index (χ0) is 14.5. The van der Waals surface area contributed by atoms with Gasteiger partial charge in [-0.15, -0.1) is 0 Å². The molecule has 0 saturated heterocycles. The summed E-state index contributed by atoms with van der Waals surface area (Å²) in [5.41, 5.74) is 1.41. The third-order valence-electron chi connectivity index (χ3n) is 3.50. The minimum atomic E-state index is 0.117. The van der Waals surface area contributed by atoms with Crippen molar-refractivity contribution in [3.8, 4) is 0 Å². The Labute approximate surface area is 118 Å². The van der Waals surface area contributed by atoms with Crippen molar-refractivity contribution in [2.45, 2.75) is 72.1 Å². The summed E-state index contributed by atoms with van der Waals surface area (Å²) in [4.78, 5) is 2.40. The van der Waals surface area contributed by atoms with Crippen molar-refractivity contribution >= 4 is 0 Å². The molecule has 1 aromatic rings. The third kappa shape index (κ3) is 5.79. The largest absolute Gasteiger partial charge is 0.468 e. The quantitative estimate of drug-likeness (QED) is 0.814. The first-order valence-corrected chi connectivity index (χ1v) is 7.34. The molecule has 0 bridgehead atoms. The Hall–Kier alpha value is -0.800. The van der Waals surface area contributed by atoms with Gasteiger partial charge < -0.3 is 9.73 Å². The molecule has 1 aromatic heterocycles. The van der Waals surface area contributed by atoms with Crippen LogP contribution in [0.3, 0.4) is 0 Å². The van der Waals surface area contributed by atoms with E-state index in [4.69, 9.17) is 4.42 Å². The first-order valence-electron chi connectivity index (χ1n) is 7.34. The Balaban J connectivity index is 2.57. The Morgan fingerprint density at radius 2 is 2.05 bits per heavy atom. The molecule has 1 unspecified atom stereocenters. The molecule has 0 spiro atoms. The van der Waals surface area contributed by atoms with Gasteiger partial charge in [0.2, 0.25) is 0 Å². The van der Waals surface area contributed by atoms with Gasteiger partial charge in [-0.1, -0.05) is 13.3 Å². The van der Waals surface area contributed by atoms with Gasteiger partial charge in [0, 0.05) is 23.7 Å². The van der Waals surface area contributed by atoms with Gasteiger partial charge in [-0.2, -0.15) is 0 Å². The second-order valence-corrected chi connectivity index (χ2v) is 6.53. The summed E-state index contributed by atoms with van der Waals surface area (Å²) in [7, 11) is 2.19. The fourth-order valence-electron chi connectivity index (χ4n) is 2.07. The molecule has 3 nitrogen and oxygen atoms in total. The van der Waals surface area contributed by atoms with Gasteiger partial charge in [0.05, 0.1) is 12.8 Å². The summed E-state index contributed by atoms with van der Waals surface area (Å²) in [6.07, 6.45) is 4.27. The predicted octanol–water partition coefficient (Wildman–Crippen LogP) is 3.79. The van der Waals surface area contributed by atoms with E-state index in [9.17, 15) is 0 Å². The maximum atomic E-state index is 5.61. The lowest BCUT2D eigenvalue weighted by Gasteiger charge is -2.25. The zero-order valence-electron chi connectivity index (χ0n) is 13.4. The lowest BCUT2D eigenvalue weighted by molar-refractivity contribution is 0.234. The highest BCUT2D eigenvalue weighted by molar-refractivity contribution is 5.17. The highest BCUT2D eigenvalue weighted by Gasteiger charge is 2.15. The molecule has 1 heterocycles. The molecule has 0 fully saturated rings. The van der Waals surface area contributed by atoms with Crippen LogP contribution in [-0.4, -0.2) is 23.5 Å². The van der Waals surface area contributed by atoms with Gasteiger partial charge in [0.25, 0.3) is 0 Å². The van der Waals surface area contributed by atoms with Gasteiger partial charge in [0.1, 0.15) is 5.76 Å². The van der Waals surface area contributed by atoms with Crippen molar-refractivity contribution in [3.63, 3.8) is 0 Å². The van der Waals surface area contributed by atoms with Crippen molar-refractivity contribution in [3.05, 3.63) is 23.7 Å². The first kappa shape index (κ1) is 16.3. The lowest BCUT2D eigenvalue weighted by atomic mass is 10.1. The lowest BCUT2D eigenvalue weighted by Crippen LogP contribution is -2.35. The third-order valence-corrected chi connectivity index (χ3v) is 3.50.